The van der Waals surface area contributed by atoms with Crippen molar-refractivity contribution < 1.29 is 13.9 Å². The highest BCUT2D eigenvalue weighted by molar-refractivity contribution is 6.33. The number of nitrogens with one attached hydrogen (secondary N) is 2. The lowest BCUT2D eigenvalue weighted by atomic mass is 10.00. The predicted octanol–water partition coefficient (Wildman–Crippen LogP) is 4.55. The molecule has 1 aromatic carbocycles. The normalized spacial score (nSPS) is 10.8. The van der Waals surface area contributed by atoms with E-state index in [1.54, 1.807) is 12.4 Å². The molecular weight excluding hydrogens is 433 g/mol. The van der Waals surface area contributed by atoms with Crippen molar-refractivity contribution in [1.29, 1.82) is 0 Å². The van der Waals surface area contributed by atoms with Gasteiger partial charge in [-0.3, -0.25) is 9.48 Å². The van der Waals surface area contributed by atoms with E-state index >= 15 is 4.39 Å². The maximum Gasteiger partial charge on any atom is 0.254 e. The molecule has 7 nitrogen and oxygen atoms in total. The number of carbonyl (C=O) groups excluding carboxylic acids is 1. The van der Waals surface area contributed by atoms with Gasteiger partial charge in [-0.1, -0.05) is 24.6 Å². The van der Waals surface area contributed by atoms with Crippen LogP contribution in [-0.4, -0.2) is 34.8 Å². The lowest BCUT2D eigenvalue weighted by Gasteiger charge is -2.14. The van der Waals surface area contributed by atoms with Crippen LogP contribution in [0.3, 0.4) is 0 Å². The molecule has 2 aromatic heterocycles. The minimum atomic E-state index is -0.634. The Bertz CT molecular complexity index is 1120. The molecule has 0 saturated heterocycles. The largest absolute Gasteiger partial charge is 0.495 e. The van der Waals surface area contributed by atoms with Gasteiger partial charge in [0.25, 0.3) is 5.91 Å². The first-order chi connectivity index (χ1) is 15.4. The highest BCUT2D eigenvalue weighted by Gasteiger charge is 2.21. The fraction of sp³-hybridized carbons (Fsp3) is 0.348. The van der Waals surface area contributed by atoms with Gasteiger partial charge in [0.2, 0.25) is 0 Å². The van der Waals surface area contributed by atoms with Gasteiger partial charge in [0.1, 0.15) is 17.4 Å². The maximum absolute atomic E-state index is 15.0. The zero-order valence-electron chi connectivity index (χ0n) is 18.6. The van der Waals surface area contributed by atoms with E-state index in [2.05, 4.69) is 27.6 Å². The lowest BCUT2D eigenvalue weighted by Crippen LogP contribution is -2.20. The summed E-state index contributed by atoms with van der Waals surface area (Å²) in [6.45, 7) is 4.87. The molecule has 0 bridgehead atoms. The molecule has 9 heteroatoms. The molecule has 170 valence electrons. The number of rotatable bonds is 9. The fourth-order valence-electron chi connectivity index (χ4n) is 3.42. The Labute approximate surface area is 192 Å². The van der Waals surface area contributed by atoms with Crippen LogP contribution >= 0.6 is 11.6 Å². The van der Waals surface area contributed by atoms with Crippen molar-refractivity contribution in [1.82, 2.24) is 20.1 Å². The van der Waals surface area contributed by atoms with Gasteiger partial charge < -0.3 is 15.4 Å². The van der Waals surface area contributed by atoms with E-state index in [9.17, 15) is 4.79 Å². The number of amides is 1. The van der Waals surface area contributed by atoms with Crippen molar-refractivity contribution in [3.63, 3.8) is 0 Å². The molecule has 3 aromatic rings. The average Bonchev–Trinajstić information content (AvgIpc) is 3.27. The van der Waals surface area contributed by atoms with Crippen LogP contribution in [0.4, 0.5) is 15.9 Å². The van der Waals surface area contributed by atoms with Crippen molar-refractivity contribution >= 4 is 29.0 Å². The second-order valence-corrected chi connectivity index (χ2v) is 7.60. The first-order valence-corrected chi connectivity index (χ1v) is 10.8. The molecule has 0 saturated carbocycles. The fourth-order valence-corrected chi connectivity index (χ4v) is 3.73. The Morgan fingerprint density at radius 2 is 2.03 bits per heavy atom. The van der Waals surface area contributed by atoms with Crippen molar-refractivity contribution in [2.45, 2.75) is 39.7 Å². The summed E-state index contributed by atoms with van der Waals surface area (Å²) in [6.07, 6.45) is 7.03. The van der Waals surface area contributed by atoms with Crippen LogP contribution in [0.1, 0.15) is 40.9 Å². The molecule has 2 heterocycles. The van der Waals surface area contributed by atoms with Gasteiger partial charge in [-0.25, -0.2) is 9.37 Å². The second-order valence-electron chi connectivity index (χ2n) is 7.23. The van der Waals surface area contributed by atoms with E-state index in [4.69, 9.17) is 16.3 Å². The Morgan fingerprint density at radius 3 is 2.66 bits per heavy atom. The second kappa shape index (κ2) is 10.5. The summed E-state index contributed by atoms with van der Waals surface area (Å²) in [5, 5.41) is 10.2. The van der Waals surface area contributed by atoms with Gasteiger partial charge in [0.05, 0.1) is 29.6 Å². The number of aryl methyl sites for hydroxylation is 3. The Balaban J connectivity index is 1.83. The first kappa shape index (κ1) is 23.5. The molecule has 0 spiro atoms. The number of nitrogens with zero attached hydrogens (tertiary/aromatic N) is 3. The van der Waals surface area contributed by atoms with Crippen LogP contribution in [0.5, 0.6) is 5.75 Å². The molecule has 0 fully saturated rings. The van der Waals surface area contributed by atoms with Gasteiger partial charge in [-0.15, -0.1) is 0 Å². The summed E-state index contributed by atoms with van der Waals surface area (Å²) < 4.78 is 22.1. The number of hydrogen-bond donors (Lipinski definition) is 2. The number of pyridine rings is 1. The monoisotopic (exact) mass is 459 g/mol. The molecule has 0 radical (unpaired) electrons. The van der Waals surface area contributed by atoms with E-state index in [0.29, 0.717) is 12.8 Å². The molecule has 0 aliphatic heterocycles. The third kappa shape index (κ3) is 5.02. The number of carbonyl (C=O) groups is 1. The van der Waals surface area contributed by atoms with Crippen LogP contribution < -0.4 is 15.4 Å². The molecule has 0 atom stereocenters. The van der Waals surface area contributed by atoms with Crippen LogP contribution in [0, 0.1) is 5.82 Å². The van der Waals surface area contributed by atoms with E-state index in [0.717, 1.165) is 35.6 Å². The zero-order chi connectivity index (χ0) is 23.3. The zero-order valence-corrected chi connectivity index (χ0v) is 19.4. The van der Waals surface area contributed by atoms with Crippen LogP contribution in [0.15, 0.2) is 30.7 Å². The van der Waals surface area contributed by atoms with Crippen LogP contribution in [0.25, 0.3) is 0 Å². The van der Waals surface area contributed by atoms with Gasteiger partial charge in [0, 0.05) is 31.5 Å². The smallest absolute Gasteiger partial charge is 0.254 e. The average molecular weight is 460 g/mol. The number of benzene rings is 1. The van der Waals surface area contributed by atoms with Crippen molar-refractivity contribution in [3.05, 3.63) is 63.8 Å². The summed E-state index contributed by atoms with van der Waals surface area (Å²) in [4.78, 5) is 16.6. The third-order valence-electron chi connectivity index (χ3n) is 5.24. The summed E-state index contributed by atoms with van der Waals surface area (Å²) >= 11 is 6.36. The van der Waals surface area contributed by atoms with Gasteiger partial charge >= 0.3 is 0 Å². The van der Waals surface area contributed by atoms with E-state index < -0.39 is 11.7 Å². The molecule has 0 aliphatic carbocycles. The Kier molecular flexibility index (Phi) is 7.69. The number of anilines is 2. The molecule has 3 rings (SSSR count). The SMILES string of the molecule is CCc1cc(CCc2c(F)c(C(=O)NC)cc(OC)c2Cl)cnc1Nc1cnn(CC)c1. The summed E-state index contributed by atoms with van der Waals surface area (Å²) in [6, 6.07) is 3.36. The lowest BCUT2D eigenvalue weighted by molar-refractivity contribution is 0.0958. The maximum atomic E-state index is 15.0. The Hall–Kier alpha value is -3.13. The molecule has 1 amide bonds. The number of ether oxygens (including phenoxy) is 1. The molecular formula is C23H27ClFN5O2. The highest BCUT2D eigenvalue weighted by Crippen LogP contribution is 2.33. The summed E-state index contributed by atoms with van der Waals surface area (Å²) in [5.41, 5.74) is 3.00. The minimum Gasteiger partial charge on any atom is -0.495 e. The third-order valence-corrected chi connectivity index (χ3v) is 5.65. The number of halogens is 2. The highest BCUT2D eigenvalue weighted by atomic mass is 35.5. The molecule has 0 aliphatic rings. The summed E-state index contributed by atoms with van der Waals surface area (Å²) in [7, 11) is 2.88. The van der Waals surface area contributed by atoms with Gasteiger partial charge in [0.15, 0.2) is 0 Å². The van der Waals surface area contributed by atoms with E-state index in [1.165, 1.54) is 20.2 Å². The standard InChI is InChI=1S/C23H27ClFN5O2/c1-5-15-9-14(11-27-22(15)29-16-12-28-30(6-2)13-16)7-8-17-20(24)19(32-4)10-18(21(17)25)23(31)26-3/h9-13H,5-8H2,1-4H3,(H,26,31)(H,27,29). The van der Waals surface area contributed by atoms with E-state index in [-0.39, 0.29) is 21.9 Å². The molecule has 0 unspecified atom stereocenters. The quantitative estimate of drug-likeness (QED) is 0.490. The van der Waals surface area contributed by atoms with Gasteiger partial charge in [-0.2, -0.15) is 5.10 Å². The molecule has 2 N–H and O–H groups in total. The van der Waals surface area contributed by atoms with Crippen LogP contribution in [-0.2, 0) is 25.8 Å². The van der Waals surface area contributed by atoms with Crippen molar-refractivity contribution in [3.8, 4) is 5.75 Å². The Morgan fingerprint density at radius 1 is 1.25 bits per heavy atom. The molecule has 32 heavy (non-hydrogen) atoms. The number of aromatic nitrogens is 3. The van der Waals surface area contributed by atoms with Gasteiger partial charge in [-0.05, 0) is 43.4 Å². The topological polar surface area (TPSA) is 81.1 Å². The summed E-state index contributed by atoms with van der Waals surface area (Å²) in [5.74, 6) is -0.138. The predicted molar refractivity (Wildman–Crippen MR) is 124 cm³/mol. The van der Waals surface area contributed by atoms with E-state index in [1.807, 2.05) is 23.9 Å². The van der Waals surface area contributed by atoms with Crippen molar-refractivity contribution in [2.24, 2.45) is 0 Å². The van der Waals surface area contributed by atoms with Crippen molar-refractivity contribution in [2.75, 3.05) is 19.5 Å². The first-order valence-electron chi connectivity index (χ1n) is 10.5. The number of methoxy groups -OCH3 is 1. The van der Waals surface area contributed by atoms with Crippen LogP contribution in [0.2, 0.25) is 5.02 Å². The number of hydrogen-bond acceptors (Lipinski definition) is 5. The minimum absolute atomic E-state index is 0.0942.